The lowest BCUT2D eigenvalue weighted by atomic mass is 9.88. The number of nitrogens with zero attached hydrogens (tertiary/aromatic N) is 1. The van der Waals surface area contributed by atoms with Crippen LogP contribution in [0.15, 0.2) is 24.3 Å². The van der Waals surface area contributed by atoms with E-state index in [1.54, 1.807) is 0 Å². The van der Waals surface area contributed by atoms with Crippen LogP contribution in [0.3, 0.4) is 0 Å². The van der Waals surface area contributed by atoms with Crippen LogP contribution in [0.1, 0.15) is 19.4 Å². The molecule has 1 aromatic carbocycles. The Kier molecular flexibility index (Phi) is 3.36. The summed E-state index contributed by atoms with van der Waals surface area (Å²) in [5, 5.41) is 8.69. The fourth-order valence-corrected chi connectivity index (χ4v) is 2.14. The van der Waals surface area contributed by atoms with Gasteiger partial charge in [0.15, 0.2) is 0 Å². The van der Waals surface area contributed by atoms with Gasteiger partial charge in [0, 0.05) is 18.8 Å². The van der Waals surface area contributed by atoms with Gasteiger partial charge in [-0.15, -0.1) is 0 Å². The highest BCUT2D eigenvalue weighted by atomic mass is 16.4. The van der Waals surface area contributed by atoms with Gasteiger partial charge in [-0.1, -0.05) is 26.0 Å². The molecule has 0 aliphatic carbocycles. The van der Waals surface area contributed by atoms with Crippen LogP contribution in [0.4, 0.5) is 5.69 Å². The first-order valence-electron chi connectivity index (χ1n) is 6.12. The first kappa shape index (κ1) is 12.0. The molecule has 0 amide bonds. The van der Waals surface area contributed by atoms with Gasteiger partial charge in [0.25, 0.3) is 0 Å². The van der Waals surface area contributed by atoms with Gasteiger partial charge in [0.1, 0.15) is 0 Å². The standard InChI is InChI=1S/C14H19NO2/c1-10(2)12-8-15(9-12)13-5-3-11(4-6-13)7-14(16)17/h3-6,10,12H,7-9H2,1-2H3,(H,16,17). The molecule has 0 radical (unpaired) electrons. The van der Waals surface area contributed by atoms with Crippen LogP contribution in [0.25, 0.3) is 0 Å². The monoisotopic (exact) mass is 233 g/mol. The van der Waals surface area contributed by atoms with Crippen molar-refractivity contribution in [3.63, 3.8) is 0 Å². The molecule has 0 aromatic heterocycles. The first-order chi connectivity index (χ1) is 8.06. The average Bonchev–Trinajstić information content (AvgIpc) is 2.16. The van der Waals surface area contributed by atoms with E-state index in [4.69, 9.17) is 5.11 Å². The van der Waals surface area contributed by atoms with Crippen molar-refractivity contribution >= 4 is 11.7 Å². The second-order valence-corrected chi connectivity index (χ2v) is 5.15. The highest BCUT2D eigenvalue weighted by Crippen LogP contribution is 2.29. The van der Waals surface area contributed by atoms with Crippen molar-refractivity contribution in [3.05, 3.63) is 29.8 Å². The molecule has 1 heterocycles. The number of rotatable bonds is 4. The van der Waals surface area contributed by atoms with E-state index in [0.717, 1.165) is 30.5 Å². The van der Waals surface area contributed by atoms with E-state index in [2.05, 4.69) is 18.7 Å². The van der Waals surface area contributed by atoms with E-state index in [-0.39, 0.29) is 6.42 Å². The fourth-order valence-electron chi connectivity index (χ4n) is 2.14. The van der Waals surface area contributed by atoms with Gasteiger partial charge in [-0.3, -0.25) is 4.79 Å². The quantitative estimate of drug-likeness (QED) is 0.868. The van der Waals surface area contributed by atoms with Gasteiger partial charge in [-0.05, 0) is 29.5 Å². The minimum Gasteiger partial charge on any atom is -0.481 e. The number of aliphatic carboxylic acids is 1. The summed E-state index contributed by atoms with van der Waals surface area (Å²) in [4.78, 5) is 12.9. The van der Waals surface area contributed by atoms with Crippen LogP contribution >= 0.6 is 0 Å². The van der Waals surface area contributed by atoms with Gasteiger partial charge in [-0.25, -0.2) is 0 Å². The number of hydrogen-bond donors (Lipinski definition) is 1. The lowest BCUT2D eigenvalue weighted by molar-refractivity contribution is -0.136. The van der Waals surface area contributed by atoms with E-state index < -0.39 is 5.97 Å². The predicted octanol–water partition coefficient (Wildman–Crippen LogP) is 2.41. The summed E-state index contributed by atoms with van der Waals surface area (Å²) in [6.07, 6.45) is 0.106. The predicted molar refractivity (Wildman–Crippen MR) is 68.3 cm³/mol. The van der Waals surface area contributed by atoms with Crippen LogP contribution in [-0.2, 0) is 11.2 Å². The Hall–Kier alpha value is -1.51. The molecule has 1 aromatic rings. The second kappa shape index (κ2) is 4.78. The molecular formula is C14H19NO2. The van der Waals surface area contributed by atoms with E-state index >= 15 is 0 Å². The highest BCUT2D eigenvalue weighted by Gasteiger charge is 2.28. The van der Waals surface area contributed by atoms with Crippen LogP contribution in [0, 0.1) is 11.8 Å². The van der Waals surface area contributed by atoms with Crippen molar-refractivity contribution < 1.29 is 9.90 Å². The van der Waals surface area contributed by atoms with Crippen molar-refractivity contribution in [1.82, 2.24) is 0 Å². The third-order valence-corrected chi connectivity index (χ3v) is 3.51. The minimum absolute atomic E-state index is 0.106. The molecule has 0 saturated carbocycles. The molecule has 17 heavy (non-hydrogen) atoms. The zero-order valence-corrected chi connectivity index (χ0v) is 10.4. The smallest absolute Gasteiger partial charge is 0.307 e. The molecule has 0 spiro atoms. The minimum atomic E-state index is -0.776. The fraction of sp³-hybridized carbons (Fsp3) is 0.500. The van der Waals surface area contributed by atoms with Crippen LogP contribution in [0.2, 0.25) is 0 Å². The molecule has 1 saturated heterocycles. The molecule has 0 bridgehead atoms. The van der Waals surface area contributed by atoms with E-state index in [9.17, 15) is 4.79 Å². The Morgan fingerprint density at radius 3 is 2.41 bits per heavy atom. The SMILES string of the molecule is CC(C)C1CN(c2ccc(CC(=O)O)cc2)C1. The Morgan fingerprint density at radius 2 is 1.94 bits per heavy atom. The van der Waals surface area contributed by atoms with Crippen molar-refractivity contribution in [1.29, 1.82) is 0 Å². The molecule has 2 rings (SSSR count). The topological polar surface area (TPSA) is 40.5 Å². The molecular weight excluding hydrogens is 214 g/mol. The van der Waals surface area contributed by atoms with Crippen molar-refractivity contribution in [2.24, 2.45) is 11.8 Å². The molecule has 1 aliphatic rings. The summed E-state index contributed by atoms with van der Waals surface area (Å²) in [7, 11) is 0. The third kappa shape index (κ3) is 2.78. The second-order valence-electron chi connectivity index (χ2n) is 5.15. The number of carboxylic acid groups (broad SMARTS) is 1. The van der Waals surface area contributed by atoms with Gasteiger partial charge >= 0.3 is 5.97 Å². The number of benzene rings is 1. The maximum absolute atomic E-state index is 10.6. The number of anilines is 1. The number of carboxylic acids is 1. The van der Waals surface area contributed by atoms with Crippen LogP contribution in [0.5, 0.6) is 0 Å². The molecule has 92 valence electrons. The Labute approximate surface area is 102 Å². The third-order valence-electron chi connectivity index (χ3n) is 3.51. The van der Waals surface area contributed by atoms with Crippen molar-refractivity contribution in [3.8, 4) is 0 Å². The molecule has 1 N–H and O–H groups in total. The van der Waals surface area contributed by atoms with Crippen LogP contribution < -0.4 is 4.90 Å². The molecule has 0 unspecified atom stereocenters. The Balaban J connectivity index is 1.93. The number of carbonyl (C=O) groups is 1. The molecule has 0 atom stereocenters. The van der Waals surface area contributed by atoms with E-state index in [1.165, 1.54) is 5.69 Å². The summed E-state index contributed by atoms with van der Waals surface area (Å²) in [5.41, 5.74) is 2.07. The summed E-state index contributed by atoms with van der Waals surface area (Å²) < 4.78 is 0. The van der Waals surface area contributed by atoms with Crippen molar-refractivity contribution in [2.45, 2.75) is 20.3 Å². The Morgan fingerprint density at radius 1 is 1.35 bits per heavy atom. The average molecular weight is 233 g/mol. The van der Waals surface area contributed by atoms with Gasteiger partial charge in [0.05, 0.1) is 6.42 Å². The molecule has 1 aliphatic heterocycles. The van der Waals surface area contributed by atoms with Crippen LogP contribution in [-0.4, -0.2) is 24.2 Å². The van der Waals surface area contributed by atoms with Gasteiger partial charge in [0.2, 0.25) is 0 Å². The van der Waals surface area contributed by atoms with Gasteiger partial charge < -0.3 is 10.0 Å². The van der Waals surface area contributed by atoms with E-state index in [1.807, 2.05) is 24.3 Å². The Bertz CT molecular complexity index is 391. The summed E-state index contributed by atoms with van der Waals surface area (Å²) >= 11 is 0. The highest BCUT2D eigenvalue weighted by molar-refractivity contribution is 5.70. The van der Waals surface area contributed by atoms with Gasteiger partial charge in [-0.2, -0.15) is 0 Å². The molecule has 3 nitrogen and oxygen atoms in total. The largest absolute Gasteiger partial charge is 0.481 e. The molecule has 3 heteroatoms. The lowest BCUT2D eigenvalue weighted by Crippen LogP contribution is -2.49. The summed E-state index contributed by atoms with van der Waals surface area (Å²) in [6, 6.07) is 7.86. The normalized spacial score (nSPS) is 16.1. The summed E-state index contributed by atoms with van der Waals surface area (Å²) in [5.74, 6) is 0.771. The molecule has 1 fully saturated rings. The van der Waals surface area contributed by atoms with E-state index in [0.29, 0.717) is 0 Å². The lowest BCUT2D eigenvalue weighted by Gasteiger charge is -2.43. The van der Waals surface area contributed by atoms with Crippen molar-refractivity contribution in [2.75, 3.05) is 18.0 Å². The summed E-state index contributed by atoms with van der Waals surface area (Å²) in [6.45, 7) is 6.77. The maximum atomic E-state index is 10.6. The maximum Gasteiger partial charge on any atom is 0.307 e. The first-order valence-corrected chi connectivity index (χ1v) is 6.12. The number of hydrogen-bond acceptors (Lipinski definition) is 2. The zero-order chi connectivity index (χ0) is 12.4. The zero-order valence-electron chi connectivity index (χ0n) is 10.4.